The second-order valence-corrected chi connectivity index (χ2v) is 8.91. The number of thiazole rings is 1. The molecular formula is C28H17N3O2S. The summed E-state index contributed by atoms with van der Waals surface area (Å²) in [6.07, 6.45) is 1.63. The molecule has 0 atom stereocenters. The third-order valence-corrected chi connectivity index (χ3v) is 6.73. The number of ketones is 2. The summed E-state index contributed by atoms with van der Waals surface area (Å²) in [5.41, 5.74) is 2.37. The van der Waals surface area contributed by atoms with Crippen molar-refractivity contribution in [3.8, 4) is 5.69 Å². The molecule has 4 aromatic carbocycles. The highest BCUT2D eigenvalue weighted by molar-refractivity contribution is 7.20. The van der Waals surface area contributed by atoms with Crippen LogP contribution in [0.5, 0.6) is 0 Å². The molecule has 0 bridgehead atoms. The molecule has 0 aliphatic heterocycles. The third-order valence-electron chi connectivity index (χ3n) is 5.69. The van der Waals surface area contributed by atoms with E-state index in [1.54, 1.807) is 16.9 Å². The van der Waals surface area contributed by atoms with Gasteiger partial charge in [-0.15, -0.1) is 11.3 Å². The topological polar surface area (TPSA) is 64.8 Å². The van der Waals surface area contributed by atoms with Crippen LogP contribution in [0, 0.1) is 0 Å². The number of para-hydroxylation sites is 2. The predicted molar refractivity (Wildman–Crippen MR) is 134 cm³/mol. The Morgan fingerprint density at radius 2 is 1.47 bits per heavy atom. The zero-order chi connectivity index (χ0) is 23.1. The van der Waals surface area contributed by atoms with Gasteiger partial charge >= 0.3 is 0 Å². The molecule has 0 aliphatic carbocycles. The number of fused-ring (bicyclic) bond motifs is 2. The lowest BCUT2D eigenvalue weighted by molar-refractivity contribution is 0.100. The van der Waals surface area contributed by atoms with Gasteiger partial charge in [0.2, 0.25) is 5.78 Å². The summed E-state index contributed by atoms with van der Waals surface area (Å²) in [7, 11) is 0. The molecule has 0 aliphatic rings. The maximum Gasteiger partial charge on any atom is 0.242 e. The number of benzene rings is 4. The van der Waals surface area contributed by atoms with Gasteiger partial charge in [0.1, 0.15) is 5.69 Å². The van der Waals surface area contributed by atoms with Gasteiger partial charge < -0.3 is 0 Å². The zero-order valence-corrected chi connectivity index (χ0v) is 18.7. The Kier molecular flexibility index (Phi) is 4.86. The summed E-state index contributed by atoms with van der Waals surface area (Å²) in [5.74, 6) is -0.614. The molecule has 6 heteroatoms. The summed E-state index contributed by atoms with van der Waals surface area (Å²) >= 11 is 1.30. The minimum Gasteiger partial charge on any atom is -0.288 e. The highest BCUT2D eigenvalue weighted by Crippen LogP contribution is 2.26. The quantitative estimate of drug-likeness (QED) is 0.292. The lowest BCUT2D eigenvalue weighted by atomic mass is 9.99. The number of aromatic nitrogens is 3. The molecule has 34 heavy (non-hydrogen) atoms. The smallest absolute Gasteiger partial charge is 0.242 e. The van der Waals surface area contributed by atoms with E-state index < -0.39 is 0 Å². The lowest BCUT2D eigenvalue weighted by Crippen LogP contribution is -2.10. The van der Waals surface area contributed by atoms with Gasteiger partial charge in [-0.3, -0.25) is 9.59 Å². The van der Waals surface area contributed by atoms with E-state index >= 15 is 0 Å². The monoisotopic (exact) mass is 459 g/mol. The standard InChI is InChI=1S/C28H17N3O2S/c32-26(20-15-14-18-8-4-5-9-19(18)16-20)22-17-31(21-10-2-1-3-11-21)30-25(22)27(33)28-29-23-12-6-7-13-24(23)34-28/h1-17H. The van der Waals surface area contributed by atoms with Crippen LogP contribution in [0.3, 0.4) is 0 Å². The van der Waals surface area contributed by atoms with Gasteiger partial charge in [0, 0.05) is 11.8 Å². The van der Waals surface area contributed by atoms with Gasteiger partial charge in [-0.2, -0.15) is 5.10 Å². The van der Waals surface area contributed by atoms with Crippen LogP contribution in [-0.2, 0) is 0 Å². The van der Waals surface area contributed by atoms with Crippen molar-refractivity contribution in [2.24, 2.45) is 0 Å². The molecular weight excluding hydrogens is 442 g/mol. The molecule has 162 valence electrons. The average Bonchev–Trinajstić information content (AvgIpc) is 3.53. The minimum absolute atomic E-state index is 0.0982. The van der Waals surface area contributed by atoms with Crippen molar-refractivity contribution in [3.05, 3.63) is 125 Å². The van der Waals surface area contributed by atoms with E-state index in [9.17, 15) is 9.59 Å². The van der Waals surface area contributed by atoms with Gasteiger partial charge in [-0.25, -0.2) is 9.67 Å². The van der Waals surface area contributed by atoms with Gasteiger partial charge in [-0.05, 0) is 41.1 Å². The molecule has 0 amide bonds. The van der Waals surface area contributed by atoms with Crippen molar-refractivity contribution < 1.29 is 9.59 Å². The van der Waals surface area contributed by atoms with Crippen LogP contribution in [0.1, 0.15) is 31.4 Å². The van der Waals surface area contributed by atoms with Crippen LogP contribution in [0.25, 0.3) is 26.7 Å². The molecule has 0 spiro atoms. The molecule has 0 fully saturated rings. The second kappa shape index (κ2) is 8.17. The highest BCUT2D eigenvalue weighted by Gasteiger charge is 2.26. The Balaban J connectivity index is 1.49. The van der Waals surface area contributed by atoms with Crippen LogP contribution in [0.4, 0.5) is 0 Å². The van der Waals surface area contributed by atoms with E-state index in [2.05, 4.69) is 10.1 Å². The molecule has 0 radical (unpaired) electrons. The third kappa shape index (κ3) is 3.50. The van der Waals surface area contributed by atoms with E-state index in [0.29, 0.717) is 10.6 Å². The van der Waals surface area contributed by atoms with Crippen LogP contribution in [-0.4, -0.2) is 26.3 Å². The predicted octanol–water partition coefficient (Wildman–Crippen LogP) is 6.10. The zero-order valence-electron chi connectivity index (χ0n) is 17.9. The summed E-state index contributed by atoms with van der Waals surface area (Å²) in [6, 6.07) is 30.4. The fraction of sp³-hybridized carbons (Fsp3) is 0. The first-order chi connectivity index (χ1) is 16.7. The molecule has 0 N–H and O–H groups in total. The van der Waals surface area contributed by atoms with Crippen molar-refractivity contribution in [1.82, 2.24) is 14.8 Å². The molecule has 0 unspecified atom stereocenters. The van der Waals surface area contributed by atoms with Gasteiger partial charge in [0.15, 0.2) is 10.8 Å². The SMILES string of the molecule is O=C(c1ccc2ccccc2c1)c1cn(-c2ccccc2)nc1C(=O)c1nc2ccccc2s1. The first-order valence-corrected chi connectivity index (χ1v) is 11.6. The largest absolute Gasteiger partial charge is 0.288 e. The summed E-state index contributed by atoms with van der Waals surface area (Å²) in [5, 5.41) is 6.87. The van der Waals surface area contributed by atoms with E-state index in [1.807, 2.05) is 91.0 Å². The van der Waals surface area contributed by atoms with Crippen molar-refractivity contribution >= 4 is 43.9 Å². The molecule has 0 saturated carbocycles. The Hall–Kier alpha value is -4.42. The lowest BCUT2D eigenvalue weighted by Gasteiger charge is -2.03. The Bertz CT molecular complexity index is 1670. The number of hydrogen-bond donors (Lipinski definition) is 0. The molecule has 0 saturated heterocycles. The van der Waals surface area contributed by atoms with E-state index in [0.717, 1.165) is 26.7 Å². The molecule has 2 heterocycles. The van der Waals surface area contributed by atoms with Gasteiger partial charge in [-0.1, -0.05) is 66.7 Å². The van der Waals surface area contributed by atoms with E-state index in [-0.39, 0.29) is 22.8 Å². The highest BCUT2D eigenvalue weighted by atomic mass is 32.1. The second-order valence-electron chi connectivity index (χ2n) is 7.88. The minimum atomic E-state index is -0.361. The number of carbonyl (C=O) groups excluding carboxylic acids is 2. The van der Waals surface area contributed by atoms with Gasteiger partial charge in [0.05, 0.1) is 21.5 Å². The fourth-order valence-corrected chi connectivity index (χ4v) is 4.88. The van der Waals surface area contributed by atoms with E-state index in [4.69, 9.17) is 0 Å². The van der Waals surface area contributed by atoms with Crippen LogP contribution in [0.2, 0.25) is 0 Å². The van der Waals surface area contributed by atoms with Crippen molar-refractivity contribution in [2.75, 3.05) is 0 Å². The van der Waals surface area contributed by atoms with Crippen molar-refractivity contribution in [2.45, 2.75) is 0 Å². The van der Waals surface area contributed by atoms with Crippen LogP contribution in [0.15, 0.2) is 103 Å². The van der Waals surface area contributed by atoms with Crippen molar-refractivity contribution in [1.29, 1.82) is 0 Å². The number of carbonyl (C=O) groups is 2. The maximum absolute atomic E-state index is 13.6. The van der Waals surface area contributed by atoms with Gasteiger partial charge in [0.25, 0.3) is 0 Å². The summed E-state index contributed by atoms with van der Waals surface area (Å²) in [4.78, 5) is 31.7. The number of hydrogen-bond acceptors (Lipinski definition) is 5. The molecule has 6 aromatic rings. The van der Waals surface area contributed by atoms with Crippen LogP contribution >= 0.6 is 11.3 Å². The fourth-order valence-electron chi connectivity index (χ4n) is 3.98. The molecule has 2 aromatic heterocycles. The Morgan fingerprint density at radius 3 is 2.29 bits per heavy atom. The normalized spacial score (nSPS) is 11.2. The van der Waals surface area contributed by atoms with Crippen molar-refractivity contribution in [3.63, 3.8) is 0 Å². The number of nitrogens with zero attached hydrogens (tertiary/aromatic N) is 3. The average molecular weight is 460 g/mol. The van der Waals surface area contributed by atoms with E-state index in [1.165, 1.54) is 11.3 Å². The molecule has 6 rings (SSSR count). The maximum atomic E-state index is 13.6. The first-order valence-electron chi connectivity index (χ1n) is 10.8. The Morgan fingerprint density at radius 1 is 0.735 bits per heavy atom. The molecule has 5 nitrogen and oxygen atoms in total. The first kappa shape index (κ1) is 20.2. The Labute approximate surface area is 198 Å². The number of rotatable bonds is 5. The van der Waals surface area contributed by atoms with Crippen LogP contribution < -0.4 is 0 Å². The summed E-state index contributed by atoms with van der Waals surface area (Å²) in [6.45, 7) is 0. The summed E-state index contributed by atoms with van der Waals surface area (Å²) < 4.78 is 2.49.